The molecule has 220 valence electrons. The molecule has 2 aromatic carbocycles. The van der Waals surface area contributed by atoms with Gasteiger partial charge in [0.15, 0.2) is 0 Å². The van der Waals surface area contributed by atoms with Gasteiger partial charge in [-0.15, -0.1) is 0 Å². The van der Waals surface area contributed by atoms with Gasteiger partial charge in [0, 0.05) is 43.0 Å². The Bertz CT molecular complexity index is 1450. The molecule has 0 bridgehead atoms. The van der Waals surface area contributed by atoms with Gasteiger partial charge in [0.25, 0.3) is 15.9 Å². The summed E-state index contributed by atoms with van der Waals surface area (Å²) in [6.45, 7) is 4.24. The van der Waals surface area contributed by atoms with Crippen molar-refractivity contribution in [1.82, 2.24) is 14.9 Å². The molecule has 0 radical (unpaired) electrons. The Balaban J connectivity index is 1.37. The van der Waals surface area contributed by atoms with E-state index in [1.807, 2.05) is 6.07 Å². The highest BCUT2D eigenvalue weighted by molar-refractivity contribution is 7.92. The maximum atomic E-state index is 15.3. The Morgan fingerprint density at radius 3 is 2.54 bits per heavy atom. The number of hydrogen-bond donors (Lipinski definition) is 1. The van der Waals surface area contributed by atoms with Gasteiger partial charge in [-0.1, -0.05) is 24.6 Å². The van der Waals surface area contributed by atoms with Gasteiger partial charge in [-0.2, -0.15) is 0 Å². The third-order valence-electron chi connectivity index (χ3n) is 8.29. The van der Waals surface area contributed by atoms with Gasteiger partial charge in [0.2, 0.25) is 0 Å². The Labute approximate surface area is 239 Å². The summed E-state index contributed by atoms with van der Waals surface area (Å²) in [5.74, 6) is -3.68. The second-order valence-corrected chi connectivity index (χ2v) is 12.9. The van der Waals surface area contributed by atoms with Gasteiger partial charge in [-0.25, -0.2) is 31.6 Å². The van der Waals surface area contributed by atoms with Crippen molar-refractivity contribution >= 4 is 21.5 Å². The lowest BCUT2D eigenvalue weighted by atomic mass is 9.80. The monoisotopic (exact) mass is 587 g/mol. The Morgan fingerprint density at radius 1 is 1.02 bits per heavy atom. The number of piperidine rings is 2. The number of likely N-dealkylation sites (tertiary alicyclic amines) is 1. The van der Waals surface area contributed by atoms with Gasteiger partial charge in [0.05, 0.1) is 0 Å². The molecule has 0 aliphatic carbocycles. The van der Waals surface area contributed by atoms with Crippen LogP contribution in [0.2, 0.25) is 0 Å². The van der Waals surface area contributed by atoms with E-state index in [-0.39, 0.29) is 16.9 Å². The van der Waals surface area contributed by atoms with Crippen LogP contribution in [-0.2, 0) is 22.4 Å². The predicted molar refractivity (Wildman–Crippen MR) is 153 cm³/mol. The van der Waals surface area contributed by atoms with E-state index in [4.69, 9.17) is 0 Å². The average molecular weight is 588 g/mol. The standard InChI is InChI=1S/C30H36F3N5O2S/c1-29(32,33)24-8-5-7-23(19-24)11-14-30(38-17-3-2-4-18-38)13-6-16-37(21-30)25-9-10-27(26(31)20-25)41(39,40)36-28-12-15-34-22-35-28/h5,7-10,12,15,19-20,22H,2-4,6,11,13-14,16-18,21H2,1H3,(H,34,35,36)/t30-/m0/s1. The van der Waals surface area contributed by atoms with Crippen molar-refractivity contribution in [3.8, 4) is 0 Å². The molecule has 11 heteroatoms. The molecule has 3 aromatic rings. The molecule has 3 heterocycles. The molecule has 2 aliphatic rings. The number of sulfonamides is 1. The summed E-state index contributed by atoms with van der Waals surface area (Å²) in [5.41, 5.74) is 1.33. The number of halogens is 3. The fourth-order valence-corrected chi connectivity index (χ4v) is 7.22. The largest absolute Gasteiger partial charge is 0.370 e. The van der Waals surface area contributed by atoms with Crippen LogP contribution in [0, 0.1) is 5.82 Å². The molecule has 7 nitrogen and oxygen atoms in total. The quantitative estimate of drug-likeness (QED) is 0.332. The zero-order valence-corrected chi connectivity index (χ0v) is 24.0. The van der Waals surface area contributed by atoms with Crippen LogP contribution >= 0.6 is 0 Å². The molecule has 41 heavy (non-hydrogen) atoms. The van der Waals surface area contributed by atoms with Crippen molar-refractivity contribution in [2.75, 3.05) is 35.8 Å². The first-order valence-corrected chi connectivity index (χ1v) is 15.6. The summed E-state index contributed by atoms with van der Waals surface area (Å²) in [7, 11) is -4.18. The Kier molecular flexibility index (Phi) is 8.56. The number of nitrogens with one attached hydrogen (secondary N) is 1. The van der Waals surface area contributed by atoms with Crippen LogP contribution in [0.5, 0.6) is 0 Å². The van der Waals surface area contributed by atoms with Gasteiger partial charge in [-0.05, 0) is 87.5 Å². The third kappa shape index (κ3) is 6.83. The van der Waals surface area contributed by atoms with Crippen molar-refractivity contribution < 1.29 is 21.6 Å². The van der Waals surface area contributed by atoms with Crippen molar-refractivity contribution in [1.29, 1.82) is 0 Å². The molecule has 1 atom stereocenters. The van der Waals surface area contributed by atoms with Crippen molar-refractivity contribution in [2.45, 2.75) is 68.2 Å². The molecule has 0 spiro atoms. The molecule has 5 rings (SSSR count). The van der Waals surface area contributed by atoms with E-state index in [0.717, 1.165) is 64.2 Å². The van der Waals surface area contributed by atoms with Crippen molar-refractivity contribution in [3.05, 3.63) is 78.0 Å². The maximum Gasteiger partial charge on any atom is 0.270 e. The number of benzene rings is 2. The van der Waals surface area contributed by atoms with Gasteiger partial charge >= 0.3 is 0 Å². The summed E-state index contributed by atoms with van der Waals surface area (Å²) < 4.78 is 71.3. The second-order valence-electron chi connectivity index (χ2n) is 11.2. The first kappa shape index (κ1) is 29.3. The molecule has 0 unspecified atom stereocenters. The van der Waals surface area contributed by atoms with E-state index in [0.29, 0.717) is 18.7 Å². The topological polar surface area (TPSA) is 78.4 Å². The Morgan fingerprint density at radius 2 is 1.83 bits per heavy atom. The van der Waals surface area contributed by atoms with E-state index in [1.165, 1.54) is 43.2 Å². The lowest BCUT2D eigenvalue weighted by Gasteiger charge is -2.52. The zero-order chi connectivity index (χ0) is 29.1. The van der Waals surface area contributed by atoms with E-state index in [2.05, 4.69) is 24.5 Å². The normalized spacial score (nSPS) is 20.6. The summed E-state index contributed by atoms with van der Waals surface area (Å²) in [6, 6.07) is 12.3. The smallest absolute Gasteiger partial charge is 0.270 e. The third-order valence-corrected chi connectivity index (χ3v) is 9.67. The summed E-state index contributed by atoms with van der Waals surface area (Å²) >= 11 is 0. The minimum atomic E-state index is -4.18. The van der Waals surface area contributed by atoms with Crippen LogP contribution in [-0.4, -0.2) is 55.0 Å². The molecule has 0 amide bonds. The number of aromatic nitrogens is 2. The van der Waals surface area contributed by atoms with Crippen LogP contribution in [0.1, 0.15) is 56.6 Å². The molecule has 2 aliphatic heterocycles. The highest BCUT2D eigenvalue weighted by atomic mass is 32.2. The summed E-state index contributed by atoms with van der Waals surface area (Å²) in [6.07, 6.45) is 9.32. The van der Waals surface area contributed by atoms with E-state index >= 15 is 4.39 Å². The molecule has 2 saturated heterocycles. The molecule has 0 saturated carbocycles. The lowest BCUT2D eigenvalue weighted by Crippen LogP contribution is -2.60. The van der Waals surface area contributed by atoms with Gasteiger partial charge < -0.3 is 4.90 Å². The van der Waals surface area contributed by atoms with Crippen molar-refractivity contribution in [2.24, 2.45) is 0 Å². The van der Waals surface area contributed by atoms with E-state index in [9.17, 15) is 17.2 Å². The predicted octanol–water partition coefficient (Wildman–Crippen LogP) is 5.99. The number of nitrogens with zero attached hydrogens (tertiary/aromatic N) is 4. The van der Waals surface area contributed by atoms with Crippen LogP contribution < -0.4 is 9.62 Å². The molecular formula is C30H36F3N5O2S. The molecule has 2 fully saturated rings. The fourth-order valence-electron chi connectivity index (χ4n) is 6.15. The van der Waals surface area contributed by atoms with Crippen LogP contribution in [0.3, 0.4) is 0 Å². The van der Waals surface area contributed by atoms with Gasteiger partial charge in [0.1, 0.15) is 22.9 Å². The number of hydrogen-bond acceptors (Lipinski definition) is 6. The zero-order valence-electron chi connectivity index (χ0n) is 23.2. The molecule has 1 N–H and O–H groups in total. The number of aryl methyl sites for hydroxylation is 1. The van der Waals surface area contributed by atoms with Crippen LogP contribution in [0.4, 0.5) is 24.7 Å². The van der Waals surface area contributed by atoms with E-state index in [1.54, 1.807) is 18.2 Å². The second kappa shape index (κ2) is 12.0. The van der Waals surface area contributed by atoms with Crippen molar-refractivity contribution in [3.63, 3.8) is 0 Å². The SMILES string of the molecule is CC(F)(F)c1cccc(CC[C@@]2(N3CCCCC3)CCCN(c3ccc(S(=O)(=O)Nc4ccncn4)c(F)c3)C2)c1. The summed E-state index contributed by atoms with van der Waals surface area (Å²) in [4.78, 5) is 11.8. The highest BCUT2D eigenvalue weighted by Crippen LogP contribution is 2.37. The fraction of sp³-hybridized carbons (Fsp3) is 0.467. The first-order chi connectivity index (χ1) is 19.6. The molecule has 1 aromatic heterocycles. The number of alkyl halides is 2. The highest BCUT2D eigenvalue weighted by Gasteiger charge is 2.41. The average Bonchev–Trinajstić information content (AvgIpc) is 2.96. The molecular weight excluding hydrogens is 551 g/mol. The van der Waals surface area contributed by atoms with Crippen LogP contribution in [0.15, 0.2) is 66.0 Å². The lowest BCUT2D eigenvalue weighted by molar-refractivity contribution is 0.0173. The summed E-state index contributed by atoms with van der Waals surface area (Å²) in [5, 5.41) is 0. The number of rotatable bonds is 9. The number of anilines is 2. The maximum absolute atomic E-state index is 15.3. The first-order valence-electron chi connectivity index (χ1n) is 14.1. The minimum absolute atomic E-state index is 0.0204. The van der Waals surface area contributed by atoms with Gasteiger partial charge in [-0.3, -0.25) is 9.62 Å². The Hall–Kier alpha value is -3.18. The van der Waals surface area contributed by atoms with Crippen LogP contribution in [0.25, 0.3) is 0 Å². The van der Waals surface area contributed by atoms with E-state index < -0.39 is 26.7 Å². The minimum Gasteiger partial charge on any atom is -0.370 e.